The predicted octanol–water partition coefficient (Wildman–Crippen LogP) is 4.09. The van der Waals surface area contributed by atoms with Crippen molar-refractivity contribution in [2.45, 2.75) is 65.1 Å². The van der Waals surface area contributed by atoms with Crippen LogP contribution >= 0.6 is 0 Å². The topological polar surface area (TPSA) is 91.3 Å². The Labute approximate surface area is 206 Å². The maximum Gasteiger partial charge on any atom is 0.270 e. The van der Waals surface area contributed by atoms with Crippen LogP contribution in [0.25, 0.3) is 0 Å². The molecule has 2 aliphatic rings. The molecule has 2 aliphatic carbocycles. The lowest BCUT2D eigenvalue weighted by Crippen LogP contribution is -2.58. The SMILES string of the molecule is CC(C(=O)NCc1ccc(F)cc1)C1CCC2(C)CCC(NC(=O)c3ccccn3)C(C)C2C1O. The Morgan fingerprint density at radius 2 is 1.89 bits per heavy atom. The molecule has 7 unspecified atom stereocenters. The van der Waals surface area contributed by atoms with Crippen LogP contribution in [0.3, 0.4) is 0 Å². The number of nitrogens with zero attached hydrogens (tertiary/aromatic N) is 1. The molecule has 2 fully saturated rings. The number of hydrogen-bond donors (Lipinski definition) is 3. The summed E-state index contributed by atoms with van der Waals surface area (Å²) in [6.45, 7) is 6.55. The van der Waals surface area contributed by atoms with Gasteiger partial charge >= 0.3 is 0 Å². The minimum atomic E-state index is -0.634. The molecule has 3 N–H and O–H groups in total. The van der Waals surface area contributed by atoms with Crippen molar-refractivity contribution in [3.63, 3.8) is 0 Å². The molecule has 1 aromatic heterocycles. The van der Waals surface area contributed by atoms with Crippen molar-refractivity contribution in [1.82, 2.24) is 15.6 Å². The summed E-state index contributed by atoms with van der Waals surface area (Å²) < 4.78 is 13.1. The minimum absolute atomic E-state index is 0.0172. The molecule has 0 saturated heterocycles. The molecule has 1 aromatic carbocycles. The zero-order valence-corrected chi connectivity index (χ0v) is 20.7. The molecule has 35 heavy (non-hydrogen) atoms. The van der Waals surface area contributed by atoms with Gasteiger partial charge in [-0.15, -0.1) is 0 Å². The number of carbonyl (C=O) groups is 2. The molecule has 1 heterocycles. The number of fused-ring (bicyclic) bond motifs is 1. The second-order valence-corrected chi connectivity index (χ2v) is 10.7. The van der Waals surface area contributed by atoms with Crippen molar-refractivity contribution in [2.75, 3.05) is 0 Å². The quantitative estimate of drug-likeness (QED) is 0.580. The Morgan fingerprint density at radius 1 is 1.17 bits per heavy atom. The van der Waals surface area contributed by atoms with Crippen LogP contribution in [0.15, 0.2) is 48.7 Å². The summed E-state index contributed by atoms with van der Waals surface area (Å²) >= 11 is 0. The number of rotatable bonds is 6. The van der Waals surface area contributed by atoms with E-state index in [-0.39, 0.29) is 52.8 Å². The second kappa shape index (κ2) is 10.4. The van der Waals surface area contributed by atoms with Gasteiger partial charge in [0.05, 0.1) is 6.10 Å². The first-order valence-electron chi connectivity index (χ1n) is 12.6. The van der Waals surface area contributed by atoms with Crippen LogP contribution in [0.1, 0.15) is 62.5 Å². The summed E-state index contributed by atoms with van der Waals surface area (Å²) in [6.07, 6.45) is 4.48. The van der Waals surface area contributed by atoms with E-state index < -0.39 is 6.10 Å². The highest BCUT2D eigenvalue weighted by molar-refractivity contribution is 5.92. The third kappa shape index (κ3) is 5.40. The Hall–Kier alpha value is -2.80. The van der Waals surface area contributed by atoms with Crippen molar-refractivity contribution >= 4 is 11.8 Å². The van der Waals surface area contributed by atoms with E-state index in [1.807, 2.05) is 6.92 Å². The van der Waals surface area contributed by atoms with Gasteiger partial charge in [0.1, 0.15) is 11.5 Å². The summed E-state index contributed by atoms with van der Waals surface area (Å²) in [6, 6.07) is 11.3. The third-order valence-electron chi connectivity index (χ3n) is 8.54. The zero-order chi connectivity index (χ0) is 25.2. The van der Waals surface area contributed by atoms with Crippen molar-refractivity contribution < 1.29 is 19.1 Å². The van der Waals surface area contributed by atoms with Crippen molar-refractivity contribution in [2.24, 2.45) is 29.1 Å². The molecular weight excluding hydrogens is 445 g/mol. The van der Waals surface area contributed by atoms with E-state index in [9.17, 15) is 19.1 Å². The first kappa shape index (κ1) is 25.3. The van der Waals surface area contributed by atoms with Gasteiger partial charge in [-0.05, 0) is 78.7 Å². The number of halogens is 1. The molecule has 2 saturated carbocycles. The first-order valence-corrected chi connectivity index (χ1v) is 12.6. The normalized spacial score (nSPS) is 31.2. The van der Waals surface area contributed by atoms with Gasteiger partial charge < -0.3 is 15.7 Å². The Balaban J connectivity index is 1.41. The Bertz CT molecular complexity index is 1030. The number of nitrogens with one attached hydrogen (secondary N) is 2. The summed E-state index contributed by atoms with van der Waals surface area (Å²) in [5.74, 6) is -1.07. The van der Waals surface area contributed by atoms with Gasteiger partial charge in [-0.1, -0.05) is 39.0 Å². The smallest absolute Gasteiger partial charge is 0.270 e. The second-order valence-electron chi connectivity index (χ2n) is 10.7. The lowest BCUT2D eigenvalue weighted by atomic mass is 9.51. The summed E-state index contributed by atoms with van der Waals surface area (Å²) in [5.41, 5.74) is 1.20. The number of aromatic nitrogens is 1. The molecule has 7 atom stereocenters. The molecule has 6 nitrogen and oxygen atoms in total. The maximum absolute atomic E-state index is 13.1. The summed E-state index contributed by atoms with van der Waals surface area (Å²) in [5, 5.41) is 17.6. The third-order valence-corrected chi connectivity index (χ3v) is 8.54. The molecule has 4 rings (SSSR count). The number of benzene rings is 1. The number of aliphatic hydroxyl groups is 1. The van der Waals surface area contributed by atoms with Gasteiger partial charge in [0.2, 0.25) is 5.91 Å². The van der Waals surface area contributed by atoms with Gasteiger partial charge in [-0.25, -0.2) is 4.39 Å². The fraction of sp³-hybridized carbons (Fsp3) is 0.536. The number of pyridine rings is 1. The maximum atomic E-state index is 13.1. The lowest BCUT2D eigenvalue weighted by molar-refractivity contribution is -0.142. The fourth-order valence-corrected chi connectivity index (χ4v) is 6.38. The highest BCUT2D eigenvalue weighted by atomic mass is 19.1. The van der Waals surface area contributed by atoms with E-state index in [4.69, 9.17) is 0 Å². The van der Waals surface area contributed by atoms with Gasteiger partial charge in [-0.3, -0.25) is 14.6 Å². The molecular formula is C28H36FN3O3. The molecule has 0 bridgehead atoms. The summed E-state index contributed by atoms with van der Waals surface area (Å²) in [7, 11) is 0. The van der Waals surface area contributed by atoms with Crippen LogP contribution in [0, 0.1) is 34.9 Å². The highest BCUT2D eigenvalue weighted by Gasteiger charge is 2.53. The van der Waals surface area contributed by atoms with Crippen LogP contribution in [0.5, 0.6) is 0 Å². The molecule has 2 aromatic rings. The van der Waals surface area contributed by atoms with Crippen molar-refractivity contribution in [1.29, 1.82) is 0 Å². The highest BCUT2D eigenvalue weighted by Crippen LogP contribution is 2.55. The van der Waals surface area contributed by atoms with Gasteiger partial charge in [-0.2, -0.15) is 0 Å². The number of aliphatic hydroxyl groups excluding tert-OH is 1. The fourth-order valence-electron chi connectivity index (χ4n) is 6.38. The van der Waals surface area contributed by atoms with Gasteiger partial charge in [0.25, 0.3) is 5.91 Å². The Morgan fingerprint density at radius 3 is 2.57 bits per heavy atom. The van der Waals surface area contributed by atoms with Crippen molar-refractivity contribution in [3.05, 3.63) is 65.7 Å². The van der Waals surface area contributed by atoms with E-state index in [1.54, 1.807) is 36.5 Å². The average Bonchev–Trinajstić information content (AvgIpc) is 2.85. The number of hydrogen-bond acceptors (Lipinski definition) is 4. The zero-order valence-electron chi connectivity index (χ0n) is 20.7. The number of amides is 2. The molecule has 7 heteroatoms. The average molecular weight is 482 g/mol. The molecule has 0 spiro atoms. The van der Waals surface area contributed by atoms with Gasteiger partial charge in [0.15, 0.2) is 0 Å². The standard InChI is InChI=1S/C28H36FN3O3/c1-17(26(34)31-16-19-7-9-20(29)10-8-19)21-11-13-28(3)14-12-22(18(2)24(28)25(21)33)32-27(35)23-6-4-5-15-30-23/h4-10,15,17-18,21-22,24-25,33H,11-14,16H2,1-3H3,(H,31,34)(H,32,35). The van der Waals surface area contributed by atoms with E-state index in [0.717, 1.165) is 31.2 Å². The molecule has 188 valence electrons. The van der Waals surface area contributed by atoms with Crippen LogP contribution in [0.4, 0.5) is 4.39 Å². The lowest BCUT2D eigenvalue weighted by Gasteiger charge is -2.56. The molecule has 0 aliphatic heterocycles. The monoisotopic (exact) mass is 481 g/mol. The number of carbonyl (C=O) groups excluding carboxylic acids is 2. The van der Waals surface area contributed by atoms with Gasteiger partial charge in [0, 0.05) is 24.7 Å². The van der Waals surface area contributed by atoms with Crippen molar-refractivity contribution in [3.8, 4) is 0 Å². The van der Waals surface area contributed by atoms with E-state index in [0.29, 0.717) is 12.2 Å². The summed E-state index contributed by atoms with van der Waals surface area (Å²) in [4.78, 5) is 29.8. The Kier molecular flexibility index (Phi) is 7.55. The van der Waals surface area contributed by atoms with E-state index in [1.165, 1.54) is 12.1 Å². The van der Waals surface area contributed by atoms with E-state index in [2.05, 4.69) is 29.5 Å². The van der Waals surface area contributed by atoms with Crippen LogP contribution in [-0.2, 0) is 11.3 Å². The minimum Gasteiger partial charge on any atom is -0.392 e. The van der Waals surface area contributed by atoms with Crippen LogP contribution in [0.2, 0.25) is 0 Å². The van der Waals surface area contributed by atoms with Crippen LogP contribution < -0.4 is 10.6 Å². The largest absolute Gasteiger partial charge is 0.392 e. The molecule has 0 radical (unpaired) electrons. The van der Waals surface area contributed by atoms with Crippen LogP contribution in [-0.4, -0.2) is 34.1 Å². The molecule has 2 amide bonds. The predicted molar refractivity (Wildman–Crippen MR) is 132 cm³/mol. The first-order chi connectivity index (χ1) is 16.7. The van der Waals surface area contributed by atoms with E-state index >= 15 is 0 Å².